The SMILES string of the molecule is CN(Cc1cc(C2CC2)on1)CC1CC2(CCNCC2)C(=O)O1. The van der Waals surface area contributed by atoms with Crippen molar-refractivity contribution in [1.29, 1.82) is 0 Å². The number of ether oxygens (including phenoxy) is 1. The Morgan fingerprint density at radius 3 is 2.91 bits per heavy atom. The zero-order valence-electron chi connectivity index (χ0n) is 13.7. The Hall–Kier alpha value is -1.40. The van der Waals surface area contributed by atoms with Gasteiger partial charge in [-0.2, -0.15) is 0 Å². The number of likely N-dealkylation sites (N-methyl/N-ethyl adjacent to an activating group) is 1. The van der Waals surface area contributed by atoms with Crippen molar-refractivity contribution in [3.63, 3.8) is 0 Å². The summed E-state index contributed by atoms with van der Waals surface area (Å²) in [5.74, 6) is 1.63. The van der Waals surface area contributed by atoms with E-state index in [9.17, 15) is 4.79 Å². The second kappa shape index (κ2) is 5.91. The number of aromatic nitrogens is 1. The van der Waals surface area contributed by atoms with E-state index >= 15 is 0 Å². The van der Waals surface area contributed by atoms with E-state index in [1.54, 1.807) is 0 Å². The Kier molecular flexibility index (Phi) is 3.89. The second-order valence-electron chi connectivity index (χ2n) is 7.45. The number of piperidine rings is 1. The third-order valence-electron chi connectivity index (χ3n) is 5.39. The maximum atomic E-state index is 12.3. The lowest BCUT2D eigenvalue weighted by molar-refractivity contribution is -0.150. The Morgan fingerprint density at radius 2 is 2.17 bits per heavy atom. The molecule has 3 fully saturated rings. The molecule has 1 saturated carbocycles. The minimum Gasteiger partial charge on any atom is -0.461 e. The van der Waals surface area contributed by atoms with Crippen molar-refractivity contribution in [1.82, 2.24) is 15.4 Å². The number of hydrogen-bond acceptors (Lipinski definition) is 6. The van der Waals surface area contributed by atoms with Crippen LogP contribution in [0.5, 0.6) is 0 Å². The van der Waals surface area contributed by atoms with E-state index < -0.39 is 0 Å². The van der Waals surface area contributed by atoms with Gasteiger partial charge in [-0.25, -0.2) is 0 Å². The van der Waals surface area contributed by atoms with Crippen molar-refractivity contribution in [3.8, 4) is 0 Å². The molecule has 1 aromatic rings. The Balaban J connectivity index is 1.31. The molecule has 0 bridgehead atoms. The minimum absolute atomic E-state index is 0.000374. The zero-order valence-corrected chi connectivity index (χ0v) is 13.7. The number of esters is 1. The molecule has 126 valence electrons. The van der Waals surface area contributed by atoms with Crippen LogP contribution in [0.3, 0.4) is 0 Å². The van der Waals surface area contributed by atoms with Crippen molar-refractivity contribution in [2.24, 2.45) is 5.41 Å². The molecule has 1 N–H and O–H groups in total. The first-order chi connectivity index (χ1) is 11.1. The normalized spacial score (nSPS) is 26.9. The maximum Gasteiger partial charge on any atom is 0.312 e. The van der Waals surface area contributed by atoms with E-state index in [4.69, 9.17) is 9.26 Å². The van der Waals surface area contributed by atoms with E-state index in [0.717, 1.165) is 56.9 Å². The summed E-state index contributed by atoms with van der Waals surface area (Å²) < 4.78 is 11.1. The fourth-order valence-electron chi connectivity index (χ4n) is 3.90. The molecule has 2 saturated heterocycles. The van der Waals surface area contributed by atoms with Gasteiger partial charge in [-0.3, -0.25) is 9.69 Å². The van der Waals surface area contributed by atoms with Crippen LogP contribution >= 0.6 is 0 Å². The van der Waals surface area contributed by atoms with Gasteiger partial charge in [-0.15, -0.1) is 0 Å². The van der Waals surface area contributed by atoms with Crippen LogP contribution in [0.25, 0.3) is 0 Å². The van der Waals surface area contributed by atoms with Crippen molar-refractivity contribution >= 4 is 5.97 Å². The lowest BCUT2D eigenvalue weighted by Gasteiger charge is -2.29. The van der Waals surface area contributed by atoms with Crippen LogP contribution in [0.2, 0.25) is 0 Å². The fraction of sp³-hybridized carbons (Fsp3) is 0.765. The van der Waals surface area contributed by atoms with Crippen LogP contribution < -0.4 is 5.32 Å². The van der Waals surface area contributed by atoms with Crippen LogP contribution in [0.1, 0.15) is 49.5 Å². The Bertz CT molecular complexity index is 575. The molecule has 1 unspecified atom stereocenters. The highest BCUT2D eigenvalue weighted by atomic mass is 16.6. The molecule has 0 radical (unpaired) electrons. The summed E-state index contributed by atoms with van der Waals surface area (Å²) in [4.78, 5) is 14.5. The highest BCUT2D eigenvalue weighted by molar-refractivity contribution is 5.79. The predicted octanol–water partition coefficient (Wildman–Crippen LogP) is 1.67. The predicted molar refractivity (Wildman–Crippen MR) is 83.8 cm³/mol. The summed E-state index contributed by atoms with van der Waals surface area (Å²) in [7, 11) is 2.05. The summed E-state index contributed by atoms with van der Waals surface area (Å²) in [6.45, 7) is 3.33. The molecule has 23 heavy (non-hydrogen) atoms. The number of carbonyl (C=O) groups excluding carboxylic acids is 1. The van der Waals surface area contributed by atoms with Crippen molar-refractivity contribution < 1.29 is 14.1 Å². The average molecular weight is 319 g/mol. The van der Waals surface area contributed by atoms with Gasteiger partial charge in [0, 0.05) is 31.5 Å². The van der Waals surface area contributed by atoms with Gasteiger partial charge in [0.05, 0.1) is 11.1 Å². The minimum atomic E-state index is -0.232. The van der Waals surface area contributed by atoms with Gasteiger partial charge in [-0.1, -0.05) is 5.16 Å². The lowest BCUT2D eigenvalue weighted by Crippen LogP contribution is -2.39. The number of rotatable bonds is 5. The molecular formula is C17H25N3O3. The molecule has 2 aliphatic heterocycles. The van der Waals surface area contributed by atoms with Gasteiger partial charge in [0.1, 0.15) is 11.9 Å². The quantitative estimate of drug-likeness (QED) is 0.833. The number of nitrogens with one attached hydrogen (secondary N) is 1. The van der Waals surface area contributed by atoms with Gasteiger partial charge in [0.25, 0.3) is 0 Å². The summed E-state index contributed by atoms with van der Waals surface area (Å²) in [5, 5.41) is 7.48. The van der Waals surface area contributed by atoms with E-state index in [2.05, 4.69) is 21.4 Å². The summed E-state index contributed by atoms with van der Waals surface area (Å²) in [6, 6.07) is 2.07. The largest absolute Gasteiger partial charge is 0.461 e. The molecule has 1 aromatic heterocycles. The number of nitrogens with zero attached hydrogens (tertiary/aromatic N) is 2. The Labute approximate surface area is 136 Å². The lowest BCUT2D eigenvalue weighted by atomic mass is 9.76. The topological polar surface area (TPSA) is 67.6 Å². The summed E-state index contributed by atoms with van der Waals surface area (Å²) in [6.07, 6.45) is 5.10. The maximum absolute atomic E-state index is 12.3. The van der Waals surface area contributed by atoms with Crippen LogP contribution in [-0.2, 0) is 16.1 Å². The first-order valence-electron chi connectivity index (χ1n) is 8.70. The molecule has 4 rings (SSSR count). The molecule has 1 atom stereocenters. The zero-order chi connectivity index (χ0) is 15.9. The van der Waals surface area contributed by atoms with Gasteiger partial charge in [-0.05, 0) is 45.8 Å². The number of carbonyl (C=O) groups is 1. The number of hydrogen-bond donors (Lipinski definition) is 1. The van der Waals surface area contributed by atoms with Crippen LogP contribution in [0.15, 0.2) is 10.6 Å². The first kappa shape index (κ1) is 15.1. The second-order valence-corrected chi connectivity index (χ2v) is 7.45. The van der Waals surface area contributed by atoms with Crippen molar-refractivity contribution in [3.05, 3.63) is 17.5 Å². The van der Waals surface area contributed by atoms with Gasteiger partial charge in [0.15, 0.2) is 0 Å². The van der Waals surface area contributed by atoms with Crippen LogP contribution in [0, 0.1) is 5.41 Å². The molecule has 6 heteroatoms. The highest BCUT2D eigenvalue weighted by Crippen LogP contribution is 2.42. The highest BCUT2D eigenvalue weighted by Gasteiger charge is 2.49. The molecule has 1 aliphatic carbocycles. The van der Waals surface area contributed by atoms with Gasteiger partial charge < -0.3 is 14.6 Å². The summed E-state index contributed by atoms with van der Waals surface area (Å²) in [5.41, 5.74) is 0.736. The van der Waals surface area contributed by atoms with E-state index in [0.29, 0.717) is 5.92 Å². The fourth-order valence-corrected chi connectivity index (χ4v) is 3.90. The number of cyclic esters (lactones) is 1. The molecule has 0 amide bonds. The molecule has 0 aromatic carbocycles. The third kappa shape index (κ3) is 3.15. The molecular weight excluding hydrogens is 294 g/mol. The average Bonchev–Trinajstić information content (AvgIpc) is 3.21. The summed E-state index contributed by atoms with van der Waals surface area (Å²) >= 11 is 0. The molecule has 6 nitrogen and oxygen atoms in total. The van der Waals surface area contributed by atoms with E-state index in [1.165, 1.54) is 12.8 Å². The Morgan fingerprint density at radius 1 is 1.39 bits per heavy atom. The van der Waals surface area contributed by atoms with Crippen LogP contribution in [0.4, 0.5) is 0 Å². The molecule has 3 heterocycles. The monoisotopic (exact) mass is 319 g/mol. The van der Waals surface area contributed by atoms with E-state index in [1.807, 2.05) is 7.05 Å². The van der Waals surface area contributed by atoms with Crippen LogP contribution in [-0.4, -0.2) is 48.8 Å². The molecule has 3 aliphatic rings. The van der Waals surface area contributed by atoms with Crippen molar-refractivity contribution in [2.45, 2.75) is 50.7 Å². The van der Waals surface area contributed by atoms with Gasteiger partial charge in [0.2, 0.25) is 0 Å². The first-order valence-corrected chi connectivity index (χ1v) is 8.70. The third-order valence-corrected chi connectivity index (χ3v) is 5.39. The standard InChI is InChI=1S/C17H25N3O3/c1-20(10-13-8-15(23-19-13)12-2-3-12)11-14-9-17(16(21)22-14)4-6-18-7-5-17/h8,12,14,18H,2-7,9-11H2,1H3. The van der Waals surface area contributed by atoms with Gasteiger partial charge >= 0.3 is 5.97 Å². The molecule has 1 spiro atoms. The van der Waals surface area contributed by atoms with E-state index in [-0.39, 0.29) is 17.5 Å². The van der Waals surface area contributed by atoms with Crippen molar-refractivity contribution in [2.75, 3.05) is 26.7 Å². The smallest absolute Gasteiger partial charge is 0.312 e.